The summed E-state index contributed by atoms with van der Waals surface area (Å²) in [5.41, 5.74) is 2.49. The smallest absolute Gasteiger partial charge is 0.254 e. The molecular formula is C22H20FNO3S. The number of rotatable bonds is 4. The second kappa shape index (κ2) is 7.64. The number of carbonyl (C=O) groups excluding carboxylic acids is 1. The van der Waals surface area contributed by atoms with E-state index in [1.165, 1.54) is 12.1 Å². The van der Waals surface area contributed by atoms with Gasteiger partial charge in [-0.05, 0) is 59.3 Å². The molecule has 0 spiro atoms. The van der Waals surface area contributed by atoms with Crippen LogP contribution in [0.5, 0.6) is 11.5 Å². The van der Waals surface area contributed by atoms with E-state index in [-0.39, 0.29) is 11.9 Å². The van der Waals surface area contributed by atoms with E-state index < -0.39 is 5.82 Å². The maximum Gasteiger partial charge on any atom is 0.254 e. The van der Waals surface area contributed by atoms with Gasteiger partial charge in [-0.3, -0.25) is 4.79 Å². The first-order chi connectivity index (χ1) is 13.6. The number of benzene rings is 2. The standard InChI is InChI=1S/C22H20FNO3S/c1-26-18-12-14-8-9-24(22(25)15-5-3-6-16(23)11-15)21(20-7-4-10-28-20)17(14)13-19(18)27-2/h3-7,10-13,21H,8-9H2,1-2H3/t21-/m1/s1. The summed E-state index contributed by atoms with van der Waals surface area (Å²) >= 11 is 1.60. The predicted molar refractivity (Wildman–Crippen MR) is 107 cm³/mol. The number of fused-ring (bicyclic) bond motifs is 1. The summed E-state index contributed by atoms with van der Waals surface area (Å²) in [5, 5.41) is 2.00. The molecule has 0 fully saturated rings. The lowest BCUT2D eigenvalue weighted by atomic mass is 9.90. The van der Waals surface area contributed by atoms with Crippen LogP contribution in [0, 0.1) is 5.82 Å². The molecule has 2 heterocycles. The minimum absolute atomic E-state index is 0.182. The highest BCUT2D eigenvalue weighted by Gasteiger charge is 2.34. The van der Waals surface area contributed by atoms with Gasteiger partial charge in [0.1, 0.15) is 5.82 Å². The van der Waals surface area contributed by atoms with E-state index in [0.717, 1.165) is 16.0 Å². The Morgan fingerprint density at radius 2 is 1.89 bits per heavy atom. The fourth-order valence-corrected chi connectivity index (χ4v) is 4.56. The summed E-state index contributed by atoms with van der Waals surface area (Å²) < 4.78 is 24.6. The SMILES string of the molecule is COc1cc2c(cc1OC)[C@H](c1cccs1)N(C(=O)c1cccc(F)c1)CC2. The van der Waals surface area contributed by atoms with E-state index in [2.05, 4.69) is 0 Å². The summed E-state index contributed by atoms with van der Waals surface area (Å²) in [4.78, 5) is 16.1. The number of thiophene rings is 1. The van der Waals surface area contributed by atoms with Crippen LogP contribution in [-0.2, 0) is 6.42 Å². The Morgan fingerprint density at radius 1 is 1.11 bits per heavy atom. The van der Waals surface area contributed by atoms with Crippen molar-refractivity contribution in [2.75, 3.05) is 20.8 Å². The van der Waals surface area contributed by atoms with Gasteiger partial charge in [0.25, 0.3) is 5.91 Å². The van der Waals surface area contributed by atoms with Crippen LogP contribution in [0.25, 0.3) is 0 Å². The van der Waals surface area contributed by atoms with Crippen molar-refractivity contribution in [3.8, 4) is 11.5 Å². The fourth-order valence-electron chi connectivity index (χ4n) is 3.71. The number of ether oxygens (including phenoxy) is 2. The third-order valence-corrected chi connectivity index (χ3v) is 5.94. The third kappa shape index (κ3) is 3.24. The average molecular weight is 397 g/mol. The minimum atomic E-state index is -0.415. The Hall–Kier alpha value is -2.86. The number of hydrogen-bond donors (Lipinski definition) is 0. The van der Waals surface area contributed by atoms with Gasteiger partial charge in [-0.25, -0.2) is 4.39 Å². The largest absolute Gasteiger partial charge is 0.493 e. The van der Waals surface area contributed by atoms with Crippen LogP contribution in [-0.4, -0.2) is 31.6 Å². The topological polar surface area (TPSA) is 38.8 Å². The molecule has 1 aliphatic rings. The second-order valence-electron chi connectivity index (χ2n) is 6.58. The first kappa shape index (κ1) is 18.5. The average Bonchev–Trinajstić information content (AvgIpc) is 3.25. The van der Waals surface area contributed by atoms with Crippen LogP contribution < -0.4 is 9.47 Å². The van der Waals surface area contributed by atoms with Gasteiger partial charge in [0.05, 0.1) is 20.3 Å². The van der Waals surface area contributed by atoms with E-state index in [1.54, 1.807) is 37.7 Å². The quantitative estimate of drug-likeness (QED) is 0.641. The molecule has 0 saturated carbocycles. The van der Waals surface area contributed by atoms with Gasteiger partial charge in [0.15, 0.2) is 11.5 Å². The summed E-state index contributed by atoms with van der Waals surface area (Å²) in [5.74, 6) is 0.708. The number of halogens is 1. The van der Waals surface area contributed by atoms with Gasteiger partial charge in [0, 0.05) is 17.0 Å². The number of hydrogen-bond acceptors (Lipinski definition) is 4. The van der Waals surface area contributed by atoms with Crippen LogP contribution in [0.2, 0.25) is 0 Å². The molecule has 0 bridgehead atoms. The molecule has 1 aromatic heterocycles. The van der Waals surface area contributed by atoms with Gasteiger partial charge in [-0.15, -0.1) is 11.3 Å². The van der Waals surface area contributed by atoms with E-state index in [1.807, 2.05) is 34.5 Å². The Balaban J connectivity index is 1.82. The Kier molecular flexibility index (Phi) is 5.05. The molecule has 3 aromatic rings. The molecule has 0 saturated heterocycles. The highest BCUT2D eigenvalue weighted by Crippen LogP contribution is 2.42. The highest BCUT2D eigenvalue weighted by molar-refractivity contribution is 7.10. The molecule has 0 N–H and O–H groups in total. The number of nitrogens with zero attached hydrogens (tertiary/aromatic N) is 1. The Bertz CT molecular complexity index is 1000. The minimum Gasteiger partial charge on any atom is -0.493 e. The Morgan fingerprint density at radius 3 is 2.57 bits per heavy atom. The monoisotopic (exact) mass is 397 g/mol. The van der Waals surface area contributed by atoms with E-state index in [0.29, 0.717) is 30.0 Å². The molecule has 0 aliphatic carbocycles. The van der Waals surface area contributed by atoms with Crippen molar-refractivity contribution in [1.29, 1.82) is 0 Å². The molecule has 1 atom stereocenters. The lowest BCUT2D eigenvalue weighted by molar-refractivity contribution is 0.0696. The van der Waals surface area contributed by atoms with Crippen molar-refractivity contribution in [3.05, 3.63) is 81.3 Å². The zero-order valence-electron chi connectivity index (χ0n) is 15.6. The van der Waals surface area contributed by atoms with E-state index in [9.17, 15) is 9.18 Å². The molecular weight excluding hydrogens is 377 g/mol. The molecule has 0 radical (unpaired) electrons. The number of methoxy groups -OCH3 is 2. The molecule has 28 heavy (non-hydrogen) atoms. The fraction of sp³-hybridized carbons (Fsp3) is 0.227. The molecule has 4 nitrogen and oxygen atoms in total. The molecule has 2 aromatic carbocycles. The van der Waals surface area contributed by atoms with E-state index in [4.69, 9.17) is 9.47 Å². The number of amides is 1. The molecule has 144 valence electrons. The summed E-state index contributed by atoms with van der Waals surface area (Å²) in [6, 6.07) is 13.5. The van der Waals surface area contributed by atoms with Crippen LogP contribution in [0.1, 0.15) is 32.4 Å². The maximum absolute atomic E-state index is 13.7. The maximum atomic E-state index is 13.7. The first-order valence-corrected chi connectivity index (χ1v) is 9.85. The number of carbonyl (C=O) groups is 1. The second-order valence-corrected chi connectivity index (χ2v) is 7.56. The van der Waals surface area contributed by atoms with Gasteiger partial charge in [-0.2, -0.15) is 0 Å². The van der Waals surface area contributed by atoms with Crippen LogP contribution in [0.15, 0.2) is 53.9 Å². The van der Waals surface area contributed by atoms with Crippen molar-refractivity contribution < 1.29 is 18.7 Å². The lowest BCUT2D eigenvalue weighted by Gasteiger charge is -2.37. The zero-order chi connectivity index (χ0) is 19.7. The van der Waals surface area contributed by atoms with Crippen molar-refractivity contribution >= 4 is 17.2 Å². The molecule has 4 rings (SSSR count). The van der Waals surface area contributed by atoms with Crippen LogP contribution in [0.3, 0.4) is 0 Å². The normalized spacial score (nSPS) is 15.8. The first-order valence-electron chi connectivity index (χ1n) is 8.97. The van der Waals surface area contributed by atoms with E-state index >= 15 is 0 Å². The van der Waals surface area contributed by atoms with Gasteiger partial charge in [-0.1, -0.05) is 12.1 Å². The summed E-state index contributed by atoms with van der Waals surface area (Å²) in [6.45, 7) is 0.542. The molecule has 0 unspecified atom stereocenters. The van der Waals surface area contributed by atoms with Gasteiger partial charge < -0.3 is 14.4 Å². The van der Waals surface area contributed by atoms with Crippen molar-refractivity contribution in [1.82, 2.24) is 4.90 Å². The summed E-state index contributed by atoms with van der Waals surface area (Å²) in [7, 11) is 3.21. The zero-order valence-corrected chi connectivity index (χ0v) is 16.5. The molecule has 1 amide bonds. The van der Waals surface area contributed by atoms with Crippen molar-refractivity contribution in [2.24, 2.45) is 0 Å². The molecule has 1 aliphatic heterocycles. The Labute approximate surface area is 167 Å². The summed E-state index contributed by atoms with van der Waals surface area (Å²) in [6.07, 6.45) is 0.693. The highest BCUT2D eigenvalue weighted by atomic mass is 32.1. The van der Waals surface area contributed by atoms with Gasteiger partial charge in [0.2, 0.25) is 0 Å². The molecule has 6 heteroatoms. The third-order valence-electron chi connectivity index (χ3n) is 5.02. The van der Waals surface area contributed by atoms with Crippen molar-refractivity contribution in [2.45, 2.75) is 12.5 Å². The van der Waals surface area contributed by atoms with Crippen LogP contribution in [0.4, 0.5) is 4.39 Å². The van der Waals surface area contributed by atoms with Gasteiger partial charge >= 0.3 is 0 Å². The predicted octanol–water partition coefficient (Wildman–Crippen LogP) is 4.69. The van der Waals surface area contributed by atoms with Crippen molar-refractivity contribution in [3.63, 3.8) is 0 Å². The lowest BCUT2D eigenvalue weighted by Crippen LogP contribution is -2.40. The van der Waals surface area contributed by atoms with Crippen LogP contribution >= 0.6 is 11.3 Å².